The van der Waals surface area contributed by atoms with Crippen LogP contribution in [0.15, 0.2) is 48.5 Å². The maximum Gasteiger partial charge on any atom is 0.137 e. The minimum Gasteiger partial charge on any atom is -0.299 e. The third-order valence-corrected chi connectivity index (χ3v) is 4.34. The number of aryl methyl sites for hydroxylation is 1. The molecule has 0 aliphatic rings. The number of Topliss-reactive ketones (excluding diaryl/α,β-unsaturated/α-hetero) is 1. The van der Waals surface area contributed by atoms with Crippen molar-refractivity contribution in [3.63, 3.8) is 0 Å². The Kier molecular flexibility index (Phi) is 6.47. The number of benzene rings is 2. The molecule has 0 aromatic heterocycles. The lowest BCUT2D eigenvalue weighted by Crippen LogP contribution is -2.05. The number of carbonyl (C=O) groups is 1. The summed E-state index contributed by atoms with van der Waals surface area (Å²) in [6, 6.07) is 15.9. The van der Waals surface area contributed by atoms with Crippen LogP contribution in [0.1, 0.15) is 29.5 Å². The topological polar surface area (TPSA) is 17.1 Å². The molecule has 0 spiro atoms. The molecular formula is C18H18BrClO. The van der Waals surface area contributed by atoms with Crippen LogP contribution in [0, 0.1) is 0 Å². The minimum atomic E-state index is 0.303. The molecule has 0 amide bonds. The van der Waals surface area contributed by atoms with Crippen LogP contribution in [0.5, 0.6) is 0 Å². The summed E-state index contributed by atoms with van der Waals surface area (Å²) < 4.78 is 0. The average molecular weight is 366 g/mol. The quantitative estimate of drug-likeness (QED) is 0.603. The normalized spacial score (nSPS) is 10.6. The van der Waals surface area contributed by atoms with Crippen LogP contribution < -0.4 is 0 Å². The fraction of sp³-hybridized carbons (Fsp3) is 0.278. The molecular weight excluding hydrogens is 348 g/mol. The largest absolute Gasteiger partial charge is 0.299 e. The monoisotopic (exact) mass is 364 g/mol. The number of ketones is 1. The molecule has 21 heavy (non-hydrogen) atoms. The van der Waals surface area contributed by atoms with E-state index in [1.54, 1.807) is 0 Å². The van der Waals surface area contributed by atoms with Crippen LogP contribution in [0.25, 0.3) is 0 Å². The van der Waals surface area contributed by atoms with Crippen LogP contribution in [-0.4, -0.2) is 5.78 Å². The zero-order chi connectivity index (χ0) is 15.1. The summed E-state index contributed by atoms with van der Waals surface area (Å²) >= 11 is 9.32. The van der Waals surface area contributed by atoms with Gasteiger partial charge in [-0.2, -0.15) is 0 Å². The molecule has 1 nitrogen and oxygen atoms in total. The van der Waals surface area contributed by atoms with Crippen LogP contribution in [-0.2, 0) is 23.0 Å². The lowest BCUT2D eigenvalue weighted by atomic mass is 10.00. The molecule has 0 aliphatic heterocycles. The number of hydrogen-bond donors (Lipinski definition) is 0. The Morgan fingerprint density at radius 3 is 2.33 bits per heavy atom. The fourth-order valence-electron chi connectivity index (χ4n) is 2.30. The van der Waals surface area contributed by atoms with Crippen molar-refractivity contribution in [2.75, 3.05) is 0 Å². The summed E-state index contributed by atoms with van der Waals surface area (Å²) in [7, 11) is 0. The zero-order valence-electron chi connectivity index (χ0n) is 11.8. The third kappa shape index (κ3) is 5.29. The van der Waals surface area contributed by atoms with Gasteiger partial charge in [0.15, 0.2) is 0 Å². The Balaban J connectivity index is 1.81. The molecule has 0 bridgehead atoms. The predicted molar refractivity (Wildman–Crippen MR) is 92.2 cm³/mol. The molecule has 3 heteroatoms. The number of alkyl halides is 1. The number of rotatable bonds is 7. The second-order valence-electron chi connectivity index (χ2n) is 5.10. The van der Waals surface area contributed by atoms with E-state index in [0.717, 1.165) is 28.8 Å². The summed E-state index contributed by atoms with van der Waals surface area (Å²) in [6.45, 7) is 0. The second kappa shape index (κ2) is 8.35. The third-order valence-electron chi connectivity index (χ3n) is 3.48. The van der Waals surface area contributed by atoms with E-state index >= 15 is 0 Å². The van der Waals surface area contributed by atoms with Crippen molar-refractivity contribution in [3.05, 3.63) is 70.2 Å². The Labute approximate surface area is 139 Å². The second-order valence-corrected chi connectivity index (χ2v) is 6.09. The number of halogens is 2. The van der Waals surface area contributed by atoms with Gasteiger partial charge in [0.05, 0.1) is 0 Å². The maximum atomic E-state index is 12.1. The van der Waals surface area contributed by atoms with Crippen molar-refractivity contribution < 1.29 is 4.79 Å². The van der Waals surface area contributed by atoms with Gasteiger partial charge in [-0.1, -0.05) is 63.9 Å². The summed E-state index contributed by atoms with van der Waals surface area (Å²) in [5.74, 6) is 0.303. The maximum absolute atomic E-state index is 12.1. The SMILES string of the molecule is O=C(CCCc1ccc(Cl)cc1)Cc1ccccc1CBr. The molecule has 0 saturated carbocycles. The van der Waals surface area contributed by atoms with Gasteiger partial charge in [0.25, 0.3) is 0 Å². The molecule has 0 radical (unpaired) electrons. The Hall–Kier alpha value is -1.12. The molecule has 0 atom stereocenters. The van der Waals surface area contributed by atoms with Crippen molar-refractivity contribution in [1.82, 2.24) is 0 Å². The van der Waals surface area contributed by atoms with E-state index in [2.05, 4.69) is 22.0 Å². The summed E-state index contributed by atoms with van der Waals surface area (Å²) in [5.41, 5.74) is 3.56. The van der Waals surface area contributed by atoms with Gasteiger partial charge in [0, 0.05) is 23.2 Å². The molecule has 0 N–H and O–H groups in total. The molecule has 0 heterocycles. The molecule has 0 saturated heterocycles. The van der Waals surface area contributed by atoms with E-state index < -0.39 is 0 Å². The van der Waals surface area contributed by atoms with E-state index in [-0.39, 0.29) is 0 Å². The average Bonchev–Trinajstić information content (AvgIpc) is 2.50. The molecule has 2 aromatic carbocycles. The molecule has 0 unspecified atom stereocenters. The van der Waals surface area contributed by atoms with Gasteiger partial charge < -0.3 is 0 Å². The van der Waals surface area contributed by atoms with Crippen molar-refractivity contribution in [1.29, 1.82) is 0 Å². The van der Waals surface area contributed by atoms with Crippen LogP contribution in [0.4, 0.5) is 0 Å². The summed E-state index contributed by atoms with van der Waals surface area (Å²) in [4.78, 5) is 12.1. The first kappa shape index (κ1) is 16.3. The fourth-order valence-corrected chi connectivity index (χ4v) is 2.97. The molecule has 2 aromatic rings. The molecule has 0 fully saturated rings. The van der Waals surface area contributed by atoms with Gasteiger partial charge >= 0.3 is 0 Å². The number of hydrogen-bond acceptors (Lipinski definition) is 1. The van der Waals surface area contributed by atoms with Crippen molar-refractivity contribution >= 4 is 33.3 Å². The Morgan fingerprint density at radius 1 is 1.00 bits per heavy atom. The highest BCUT2D eigenvalue weighted by molar-refractivity contribution is 9.08. The highest BCUT2D eigenvalue weighted by Crippen LogP contribution is 2.15. The lowest BCUT2D eigenvalue weighted by Gasteiger charge is -2.06. The first-order chi connectivity index (χ1) is 10.2. The lowest BCUT2D eigenvalue weighted by molar-refractivity contribution is -0.118. The van der Waals surface area contributed by atoms with E-state index in [1.165, 1.54) is 11.1 Å². The van der Waals surface area contributed by atoms with Crippen LogP contribution in [0.2, 0.25) is 5.02 Å². The first-order valence-corrected chi connectivity index (χ1v) is 8.58. The van der Waals surface area contributed by atoms with E-state index in [9.17, 15) is 4.79 Å². The van der Waals surface area contributed by atoms with Crippen molar-refractivity contribution in [2.24, 2.45) is 0 Å². The zero-order valence-corrected chi connectivity index (χ0v) is 14.2. The molecule has 0 aliphatic carbocycles. The van der Waals surface area contributed by atoms with Gasteiger partial charge in [0.1, 0.15) is 5.78 Å². The van der Waals surface area contributed by atoms with Crippen molar-refractivity contribution in [3.8, 4) is 0 Å². The van der Waals surface area contributed by atoms with Gasteiger partial charge in [-0.3, -0.25) is 4.79 Å². The summed E-state index contributed by atoms with van der Waals surface area (Å²) in [5, 5.41) is 1.54. The Morgan fingerprint density at radius 2 is 1.67 bits per heavy atom. The summed E-state index contributed by atoms with van der Waals surface area (Å²) in [6.07, 6.45) is 2.96. The van der Waals surface area contributed by atoms with Gasteiger partial charge in [0.2, 0.25) is 0 Å². The van der Waals surface area contributed by atoms with Crippen molar-refractivity contribution in [2.45, 2.75) is 31.0 Å². The standard InChI is InChI=1S/C18H18BrClO/c19-13-16-6-2-1-5-15(16)12-18(21)7-3-4-14-8-10-17(20)11-9-14/h1-2,5-6,8-11H,3-4,7,12-13H2. The van der Waals surface area contributed by atoms with E-state index in [1.807, 2.05) is 42.5 Å². The Bertz CT molecular complexity index is 592. The van der Waals surface area contributed by atoms with E-state index in [0.29, 0.717) is 18.6 Å². The molecule has 2 rings (SSSR count). The van der Waals surface area contributed by atoms with Gasteiger partial charge in [-0.05, 0) is 41.7 Å². The highest BCUT2D eigenvalue weighted by atomic mass is 79.9. The van der Waals surface area contributed by atoms with E-state index in [4.69, 9.17) is 11.6 Å². The minimum absolute atomic E-state index is 0.303. The number of carbonyl (C=O) groups excluding carboxylic acids is 1. The van der Waals surface area contributed by atoms with Crippen LogP contribution >= 0.6 is 27.5 Å². The first-order valence-electron chi connectivity index (χ1n) is 7.08. The van der Waals surface area contributed by atoms with Gasteiger partial charge in [-0.15, -0.1) is 0 Å². The molecule has 110 valence electrons. The van der Waals surface area contributed by atoms with Crippen LogP contribution in [0.3, 0.4) is 0 Å². The predicted octanol–water partition coefficient (Wildman–Crippen LogP) is 5.37. The van der Waals surface area contributed by atoms with Gasteiger partial charge in [-0.25, -0.2) is 0 Å². The highest BCUT2D eigenvalue weighted by Gasteiger charge is 2.07. The smallest absolute Gasteiger partial charge is 0.137 e.